The summed E-state index contributed by atoms with van der Waals surface area (Å²) in [6, 6.07) is 0. The van der Waals surface area contributed by atoms with E-state index in [9.17, 15) is 4.79 Å². The first-order chi connectivity index (χ1) is 12.9. The van der Waals surface area contributed by atoms with Crippen LogP contribution in [-0.2, 0) is 18.4 Å². The van der Waals surface area contributed by atoms with Gasteiger partial charge in [0.2, 0.25) is 0 Å². The zero-order valence-corrected chi connectivity index (χ0v) is 22.6. The zero-order valence-electron chi connectivity index (χ0n) is 20.6. The van der Waals surface area contributed by atoms with Gasteiger partial charge in [0.1, 0.15) is 6.10 Å². The molecule has 0 saturated carbocycles. The fourth-order valence-electron chi connectivity index (χ4n) is 2.63. The third kappa shape index (κ3) is 8.15. The maximum Gasteiger partial charge on any atom is 0.331 e. The molecule has 1 rings (SSSR count). The Kier molecular flexibility index (Phi) is 8.74. The van der Waals surface area contributed by atoms with Crippen LogP contribution in [0.3, 0.4) is 0 Å². The molecule has 0 N–H and O–H groups in total. The van der Waals surface area contributed by atoms with Crippen molar-refractivity contribution in [1.29, 1.82) is 0 Å². The van der Waals surface area contributed by atoms with Crippen molar-refractivity contribution in [2.75, 3.05) is 6.61 Å². The monoisotopic (exact) mass is 440 g/mol. The quantitative estimate of drug-likeness (QED) is 0.242. The van der Waals surface area contributed by atoms with Gasteiger partial charge in [0.05, 0.1) is 12.7 Å². The molecule has 0 aromatic rings. The number of ether oxygens (including phenoxy) is 1. The zero-order chi connectivity index (χ0) is 22.7. The molecule has 0 amide bonds. The second-order valence-electron chi connectivity index (χ2n) is 11.4. The summed E-state index contributed by atoms with van der Waals surface area (Å²) in [5.41, 5.74) is 1.18. The van der Waals surface area contributed by atoms with Crippen molar-refractivity contribution in [2.45, 2.75) is 110 Å². The second kappa shape index (κ2) is 9.62. The molecule has 0 bridgehead atoms. The minimum absolute atomic E-state index is 0.0103. The van der Waals surface area contributed by atoms with Gasteiger partial charge >= 0.3 is 5.97 Å². The van der Waals surface area contributed by atoms with Crippen molar-refractivity contribution in [2.24, 2.45) is 0 Å². The van der Waals surface area contributed by atoms with Crippen LogP contribution >= 0.6 is 0 Å². The molecule has 0 radical (unpaired) electrons. The van der Waals surface area contributed by atoms with Crippen molar-refractivity contribution in [3.8, 4) is 0 Å². The lowest BCUT2D eigenvalue weighted by atomic mass is 10.1. The lowest BCUT2D eigenvalue weighted by Crippen LogP contribution is -2.48. The van der Waals surface area contributed by atoms with Crippen LogP contribution in [0.1, 0.15) is 61.3 Å². The van der Waals surface area contributed by atoms with E-state index in [0.717, 1.165) is 12.8 Å². The van der Waals surface area contributed by atoms with Crippen molar-refractivity contribution < 1.29 is 18.4 Å². The van der Waals surface area contributed by atoms with E-state index >= 15 is 0 Å². The smallest absolute Gasteiger partial charge is 0.331 e. The summed E-state index contributed by atoms with van der Waals surface area (Å²) in [6.07, 6.45) is 6.80. The average Bonchev–Trinajstić information content (AvgIpc) is 2.50. The van der Waals surface area contributed by atoms with Crippen LogP contribution in [0, 0.1) is 0 Å². The van der Waals surface area contributed by atoms with Crippen molar-refractivity contribution >= 4 is 22.6 Å². The Hall–Kier alpha value is -0.696. The second-order valence-corrected chi connectivity index (χ2v) is 21.0. The average molecular weight is 441 g/mol. The van der Waals surface area contributed by atoms with Crippen molar-refractivity contribution in [3.63, 3.8) is 0 Å². The van der Waals surface area contributed by atoms with Gasteiger partial charge in [-0.15, -0.1) is 0 Å². The molecule has 1 aliphatic rings. The minimum atomic E-state index is -1.93. The molecule has 4 nitrogen and oxygen atoms in total. The summed E-state index contributed by atoms with van der Waals surface area (Å²) in [6.45, 7) is 25.4. The normalized spacial score (nSPS) is 20.6. The highest BCUT2D eigenvalue weighted by molar-refractivity contribution is 6.74. The molecule has 168 valence electrons. The summed E-state index contributed by atoms with van der Waals surface area (Å²) in [4.78, 5) is 11.5. The van der Waals surface area contributed by atoms with Gasteiger partial charge in [-0.25, -0.2) is 4.79 Å². The Labute approximate surface area is 181 Å². The number of carbonyl (C=O) groups is 1. The van der Waals surface area contributed by atoms with Crippen LogP contribution in [0.5, 0.6) is 0 Å². The predicted octanol–water partition coefficient (Wildman–Crippen LogP) is 6.61. The molecule has 0 aliphatic carbocycles. The summed E-state index contributed by atoms with van der Waals surface area (Å²) < 4.78 is 18.7. The van der Waals surface area contributed by atoms with E-state index in [1.165, 1.54) is 11.6 Å². The van der Waals surface area contributed by atoms with E-state index < -0.39 is 16.6 Å². The van der Waals surface area contributed by atoms with E-state index in [1.807, 2.05) is 6.08 Å². The van der Waals surface area contributed by atoms with Gasteiger partial charge in [-0.1, -0.05) is 53.2 Å². The van der Waals surface area contributed by atoms with Gasteiger partial charge < -0.3 is 13.6 Å². The molecular weight excluding hydrogens is 396 g/mol. The number of rotatable bonds is 8. The van der Waals surface area contributed by atoms with E-state index in [4.69, 9.17) is 13.6 Å². The van der Waals surface area contributed by atoms with E-state index in [1.54, 1.807) is 0 Å². The summed E-state index contributed by atoms with van der Waals surface area (Å²) in [5.74, 6) is -0.263. The van der Waals surface area contributed by atoms with E-state index in [2.05, 4.69) is 80.7 Å². The largest absolute Gasteiger partial charge is 0.455 e. The molecule has 1 aliphatic heterocycles. The number of carbonyl (C=O) groups excluding carboxylic acids is 1. The van der Waals surface area contributed by atoms with Crippen LogP contribution < -0.4 is 0 Å². The maximum atomic E-state index is 11.5. The molecule has 2 atom stereocenters. The fraction of sp³-hybridized carbons (Fsp3) is 0.783. The van der Waals surface area contributed by atoms with Crippen LogP contribution in [0.4, 0.5) is 0 Å². The predicted molar refractivity (Wildman–Crippen MR) is 127 cm³/mol. The molecule has 0 unspecified atom stereocenters. The highest BCUT2D eigenvalue weighted by Crippen LogP contribution is 2.39. The maximum absolute atomic E-state index is 11.5. The molecule has 0 saturated heterocycles. The first-order valence-electron chi connectivity index (χ1n) is 10.8. The highest BCUT2D eigenvalue weighted by atomic mass is 28.4. The fourth-order valence-corrected chi connectivity index (χ4v) is 5.00. The van der Waals surface area contributed by atoms with Gasteiger partial charge in [-0.3, -0.25) is 0 Å². The summed E-state index contributed by atoms with van der Waals surface area (Å²) in [7, 11) is -3.78. The van der Waals surface area contributed by atoms with Crippen LogP contribution in [0.25, 0.3) is 0 Å². The van der Waals surface area contributed by atoms with E-state index in [0.29, 0.717) is 6.61 Å². The van der Waals surface area contributed by atoms with Gasteiger partial charge in [-0.2, -0.15) is 0 Å². The van der Waals surface area contributed by atoms with Gasteiger partial charge in [0, 0.05) is 12.5 Å². The molecule has 0 fully saturated rings. The topological polar surface area (TPSA) is 44.8 Å². The molecule has 0 aromatic carbocycles. The first-order valence-corrected chi connectivity index (χ1v) is 16.6. The SMILES string of the molecule is C/C(=C\[C@@H]1CC=CC(=O)O1)C[C@@H](CO[Si](C)(C)C(C)(C)C)O[Si](C)(C)C(C)(C)C. The Morgan fingerprint density at radius 1 is 1.14 bits per heavy atom. The molecule has 6 heteroatoms. The summed E-state index contributed by atoms with van der Waals surface area (Å²) in [5, 5.41) is 0.311. The van der Waals surface area contributed by atoms with Gasteiger partial charge in [-0.05, 0) is 55.7 Å². The third-order valence-corrected chi connectivity index (χ3v) is 15.6. The highest BCUT2D eigenvalue weighted by Gasteiger charge is 2.41. The van der Waals surface area contributed by atoms with E-state index in [-0.39, 0.29) is 28.3 Å². The van der Waals surface area contributed by atoms with Crippen LogP contribution in [-0.4, -0.2) is 41.4 Å². The first kappa shape index (κ1) is 26.3. The van der Waals surface area contributed by atoms with Crippen LogP contribution in [0.2, 0.25) is 36.3 Å². The number of hydrogen-bond donors (Lipinski definition) is 0. The standard InChI is InChI=1S/C23H44O4Si2/c1-18(15-19-13-12-14-21(24)26-19)16-20(27-29(10,11)23(5,6)7)17-25-28(8,9)22(2,3)4/h12,14-15,19-20H,13,16-17H2,1-11H3/b18-15+/t19-,20-/m0/s1. The van der Waals surface area contributed by atoms with Crippen molar-refractivity contribution in [1.82, 2.24) is 0 Å². The Morgan fingerprint density at radius 2 is 1.69 bits per heavy atom. The molecule has 1 heterocycles. The van der Waals surface area contributed by atoms with Crippen molar-refractivity contribution in [3.05, 3.63) is 23.8 Å². The Morgan fingerprint density at radius 3 is 2.17 bits per heavy atom. The molecule has 29 heavy (non-hydrogen) atoms. The number of cyclic esters (lactones) is 1. The third-order valence-electron chi connectivity index (χ3n) is 6.61. The van der Waals surface area contributed by atoms with Gasteiger partial charge in [0.25, 0.3) is 0 Å². The van der Waals surface area contributed by atoms with Gasteiger partial charge in [0.15, 0.2) is 16.6 Å². The summed E-state index contributed by atoms with van der Waals surface area (Å²) >= 11 is 0. The Balaban J connectivity index is 2.95. The number of hydrogen-bond acceptors (Lipinski definition) is 4. The molecule has 0 aromatic heterocycles. The lowest BCUT2D eigenvalue weighted by molar-refractivity contribution is -0.141. The molecular formula is C23H44O4Si2. The molecule has 0 spiro atoms. The Bertz CT molecular complexity index is 622. The number of esters is 1. The minimum Gasteiger partial charge on any atom is -0.455 e. The van der Waals surface area contributed by atoms with Crippen LogP contribution in [0.15, 0.2) is 23.8 Å². The lowest BCUT2D eigenvalue weighted by Gasteiger charge is -2.41.